The van der Waals surface area contributed by atoms with E-state index >= 15 is 0 Å². The molecule has 2 atom stereocenters. The van der Waals surface area contributed by atoms with Crippen molar-refractivity contribution in [3.63, 3.8) is 0 Å². The number of alkyl halides is 3. The van der Waals surface area contributed by atoms with E-state index in [0.29, 0.717) is 11.5 Å². The molecule has 0 N–H and O–H groups in total. The van der Waals surface area contributed by atoms with E-state index in [1.165, 1.54) is 22.8 Å². The van der Waals surface area contributed by atoms with E-state index in [0.717, 1.165) is 18.2 Å². The van der Waals surface area contributed by atoms with Crippen LogP contribution in [0.4, 0.5) is 19.0 Å². The molecule has 3 rings (SSSR count). The summed E-state index contributed by atoms with van der Waals surface area (Å²) in [5.41, 5.74) is -0.565. The summed E-state index contributed by atoms with van der Waals surface area (Å²) in [5.74, 6) is -0.176. The van der Waals surface area contributed by atoms with Crippen LogP contribution < -0.4 is 4.90 Å². The molecule has 1 fully saturated rings. The molecule has 0 radical (unpaired) electrons. The van der Waals surface area contributed by atoms with Crippen molar-refractivity contribution in [1.29, 1.82) is 0 Å². The van der Waals surface area contributed by atoms with E-state index in [-0.39, 0.29) is 13.0 Å². The summed E-state index contributed by atoms with van der Waals surface area (Å²) >= 11 is 0. The number of benzene rings is 1. The number of esters is 1. The van der Waals surface area contributed by atoms with Crippen molar-refractivity contribution in [2.75, 3.05) is 18.6 Å². The minimum absolute atomic E-state index is 0.159. The second kappa shape index (κ2) is 7.36. The Labute approximate surface area is 166 Å². The quantitative estimate of drug-likeness (QED) is 0.692. The van der Waals surface area contributed by atoms with Crippen molar-refractivity contribution in [3.8, 4) is 0 Å². The lowest BCUT2D eigenvalue weighted by molar-refractivity contribution is -0.142. The van der Waals surface area contributed by atoms with Crippen LogP contribution in [0.2, 0.25) is 0 Å². The molecule has 1 aromatic heterocycles. The average molecular weight is 431 g/mol. The summed E-state index contributed by atoms with van der Waals surface area (Å²) in [6.07, 6.45) is -5.01. The number of aromatic nitrogens is 2. The van der Waals surface area contributed by atoms with Gasteiger partial charge in [-0.05, 0) is 25.5 Å². The van der Waals surface area contributed by atoms with Crippen LogP contribution in [-0.2, 0) is 32.6 Å². The molecule has 158 valence electrons. The highest BCUT2D eigenvalue weighted by Gasteiger charge is 2.47. The van der Waals surface area contributed by atoms with Crippen LogP contribution in [0.3, 0.4) is 0 Å². The molecular formula is C18H20F3N3O4S. The third-order valence-corrected chi connectivity index (χ3v) is 7.13. The number of methoxy groups -OCH3 is 1. The van der Waals surface area contributed by atoms with E-state index in [2.05, 4.69) is 5.10 Å². The first-order chi connectivity index (χ1) is 13.5. The summed E-state index contributed by atoms with van der Waals surface area (Å²) in [4.78, 5) is 13.0. The first-order valence-corrected chi connectivity index (χ1v) is 10.3. The lowest BCUT2D eigenvalue weighted by atomic mass is 10.2. The van der Waals surface area contributed by atoms with Crippen LogP contribution in [0.15, 0.2) is 35.2 Å². The van der Waals surface area contributed by atoms with Crippen LogP contribution in [0, 0.1) is 6.92 Å². The predicted octanol–water partition coefficient (Wildman–Crippen LogP) is 2.34. The molecule has 0 aliphatic carbocycles. The Balaban J connectivity index is 2.04. The van der Waals surface area contributed by atoms with Crippen molar-refractivity contribution < 1.29 is 31.1 Å². The molecule has 29 heavy (non-hydrogen) atoms. The third-order valence-electron chi connectivity index (χ3n) is 4.95. The summed E-state index contributed by atoms with van der Waals surface area (Å²) in [5, 5.41) is 2.97. The van der Waals surface area contributed by atoms with Gasteiger partial charge in [0, 0.05) is 19.7 Å². The second-order valence-electron chi connectivity index (χ2n) is 6.86. The molecule has 0 spiro atoms. The van der Waals surface area contributed by atoms with Crippen LogP contribution in [0.25, 0.3) is 0 Å². The van der Waals surface area contributed by atoms with Gasteiger partial charge in [0.15, 0.2) is 9.84 Å². The second-order valence-corrected chi connectivity index (χ2v) is 9.05. The first-order valence-electron chi connectivity index (χ1n) is 8.72. The summed E-state index contributed by atoms with van der Waals surface area (Å²) in [6.45, 7) is 1.58. The van der Waals surface area contributed by atoms with Crippen molar-refractivity contribution in [2.24, 2.45) is 7.05 Å². The number of nitrogens with zero attached hydrogens (tertiary/aromatic N) is 3. The standard InChI is InChI=1S/C18H20F3N3O4S/c1-11-8-16(23(2)22-11)24-10-12(9-14(24)17(25)28-3)29(26,27)15-7-5-4-6-13(15)18(19,20)21/h4-8,12,14H,9-10H2,1-3H3/t12-,14+/m1/s1. The molecular weight excluding hydrogens is 411 g/mol. The number of hydrogen-bond donors (Lipinski definition) is 0. The smallest absolute Gasteiger partial charge is 0.417 e. The molecule has 2 aromatic rings. The Bertz CT molecular complexity index is 1030. The Morgan fingerprint density at radius 2 is 1.93 bits per heavy atom. The topological polar surface area (TPSA) is 81.5 Å². The maximum atomic E-state index is 13.4. The number of hydrogen-bond acceptors (Lipinski definition) is 6. The van der Waals surface area contributed by atoms with Gasteiger partial charge in [0.1, 0.15) is 11.9 Å². The molecule has 1 aliphatic heterocycles. The van der Waals surface area contributed by atoms with Gasteiger partial charge in [0.05, 0.1) is 28.5 Å². The Kier molecular flexibility index (Phi) is 5.37. The molecule has 1 aliphatic rings. The molecule has 1 aromatic carbocycles. The van der Waals surface area contributed by atoms with Gasteiger partial charge in [-0.25, -0.2) is 13.2 Å². The lowest BCUT2D eigenvalue weighted by Gasteiger charge is -2.24. The van der Waals surface area contributed by atoms with E-state index in [1.807, 2.05) is 0 Å². The van der Waals surface area contributed by atoms with E-state index < -0.39 is 43.7 Å². The molecule has 7 nitrogen and oxygen atoms in total. The number of anilines is 1. The summed E-state index contributed by atoms with van der Waals surface area (Å²) < 4.78 is 72.6. The Hall–Kier alpha value is -2.56. The van der Waals surface area contributed by atoms with Crippen molar-refractivity contribution in [3.05, 3.63) is 41.6 Å². The van der Waals surface area contributed by atoms with Gasteiger partial charge in [-0.2, -0.15) is 18.3 Å². The number of aryl methyl sites for hydroxylation is 2. The predicted molar refractivity (Wildman–Crippen MR) is 98.1 cm³/mol. The van der Waals surface area contributed by atoms with E-state index in [9.17, 15) is 26.4 Å². The largest absolute Gasteiger partial charge is 0.467 e. The van der Waals surface area contributed by atoms with E-state index in [1.54, 1.807) is 20.0 Å². The van der Waals surface area contributed by atoms with Crippen molar-refractivity contribution in [1.82, 2.24) is 9.78 Å². The number of halogens is 3. The SMILES string of the molecule is COC(=O)[C@@H]1C[C@@H](S(=O)(=O)c2ccccc2C(F)(F)F)CN1c1cc(C)nn1C. The van der Waals surface area contributed by atoms with Crippen LogP contribution in [0.1, 0.15) is 17.7 Å². The molecule has 2 heterocycles. The fraction of sp³-hybridized carbons (Fsp3) is 0.444. The summed E-state index contributed by atoms with van der Waals surface area (Å²) in [7, 11) is -1.56. The number of sulfone groups is 1. The first kappa shape index (κ1) is 21.2. The van der Waals surface area contributed by atoms with Gasteiger partial charge in [-0.15, -0.1) is 0 Å². The van der Waals surface area contributed by atoms with Crippen LogP contribution >= 0.6 is 0 Å². The van der Waals surface area contributed by atoms with Gasteiger partial charge in [0.2, 0.25) is 0 Å². The highest BCUT2D eigenvalue weighted by Crippen LogP contribution is 2.38. The maximum Gasteiger partial charge on any atom is 0.417 e. The Morgan fingerprint density at radius 1 is 1.28 bits per heavy atom. The summed E-state index contributed by atoms with van der Waals surface area (Å²) in [6, 6.07) is 4.79. The molecule has 0 bridgehead atoms. The number of ether oxygens (including phenoxy) is 1. The van der Waals surface area contributed by atoms with Gasteiger partial charge in [0.25, 0.3) is 0 Å². The molecule has 0 amide bonds. The van der Waals surface area contributed by atoms with Crippen molar-refractivity contribution in [2.45, 2.75) is 35.7 Å². The third kappa shape index (κ3) is 3.83. The fourth-order valence-corrected chi connectivity index (χ4v) is 5.54. The maximum absolute atomic E-state index is 13.4. The van der Waals surface area contributed by atoms with Gasteiger partial charge in [-0.3, -0.25) is 4.68 Å². The van der Waals surface area contributed by atoms with Crippen LogP contribution in [0.5, 0.6) is 0 Å². The normalized spacial score (nSPS) is 20.1. The number of rotatable bonds is 4. The monoisotopic (exact) mass is 431 g/mol. The zero-order chi connectivity index (χ0) is 21.6. The molecule has 0 unspecified atom stereocenters. The molecule has 11 heteroatoms. The lowest BCUT2D eigenvalue weighted by Crippen LogP contribution is -2.38. The minimum Gasteiger partial charge on any atom is -0.467 e. The highest BCUT2D eigenvalue weighted by molar-refractivity contribution is 7.92. The van der Waals surface area contributed by atoms with Gasteiger partial charge >= 0.3 is 12.1 Å². The fourth-order valence-electron chi connectivity index (χ4n) is 3.63. The van der Waals surface area contributed by atoms with Gasteiger partial charge in [-0.1, -0.05) is 12.1 Å². The number of carbonyl (C=O) groups is 1. The highest BCUT2D eigenvalue weighted by atomic mass is 32.2. The van der Waals surface area contributed by atoms with Crippen molar-refractivity contribution >= 4 is 21.6 Å². The van der Waals surface area contributed by atoms with E-state index in [4.69, 9.17) is 4.74 Å². The number of carbonyl (C=O) groups excluding carboxylic acids is 1. The van der Waals surface area contributed by atoms with Gasteiger partial charge < -0.3 is 9.64 Å². The zero-order valence-electron chi connectivity index (χ0n) is 16.0. The van der Waals surface area contributed by atoms with Crippen LogP contribution in [-0.4, -0.2) is 49.1 Å². The zero-order valence-corrected chi connectivity index (χ0v) is 16.8. The molecule has 0 saturated carbocycles. The average Bonchev–Trinajstić information content (AvgIpc) is 3.23. The molecule has 1 saturated heterocycles. The minimum atomic E-state index is -4.82. The Morgan fingerprint density at radius 3 is 2.48 bits per heavy atom.